The van der Waals surface area contributed by atoms with Crippen LogP contribution in [0.3, 0.4) is 0 Å². The summed E-state index contributed by atoms with van der Waals surface area (Å²) in [6, 6.07) is 0. The summed E-state index contributed by atoms with van der Waals surface area (Å²) >= 11 is 1.13. The second-order valence-electron chi connectivity index (χ2n) is 1.17. The van der Waals surface area contributed by atoms with E-state index in [2.05, 4.69) is 5.16 Å². The topological polar surface area (TPSA) is 49.7 Å². The summed E-state index contributed by atoms with van der Waals surface area (Å²) in [4.78, 5) is 10.3. The van der Waals surface area contributed by atoms with Crippen LogP contribution in [-0.4, -0.2) is 22.3 Å². The van der Waals surface area contributed by atoms with Crippen LogP contribution in [0.2, 0.25) is 0 Å². The van der Waals surface area contributed by atoms with Crippen molar-refractivity contribution in [3.8, 4) is 0 Å². The van der Waals surface area contributed by atoms with E-state index in [1.165, 1.54) is 6.92 Å². The summed E-state index contributed by atoms with van der Waals surface area (Å²) < 4.78 is 0. The number of ketones is 1. The van der Waals surface area contributed by atoms with Gasteiger partial charge >= 0.3 is 0 Å². The fourth-order valence-electron chi connectivity index (χ4n) is 0.255. The van der Waals surface area contributed by atoms with Crippen molar-refractivity contribution in [1.82, 2.24) is 0 Å². The molecular weight excluding hydrogens is 126 g/mol. The number of nitrogens with zero attached hydrogens (tertiary/aromatic N) is 1. The van der Waals surface area contributed by atoms with Crippen molar-refractivity contribution >= 4 is 22.6 Å². The molecule has 0 aromatic carbocycles. The average molecular weight is 133 g/mol. The number of carbonyl (C=O) groups excluding carboxylic acids is 1. The van der Waals surface area contributed by atoms with Crippen LogP contribution in [0, 0.1) is 0 Å². The van der Waals surface area contributed by atoms with Crippen molar-refractivity contribution in [2.75, 3.05) is 6.26 Å². The number of hydrogen-bond acceptors (Lipinski definition) is 4. The number of thioether (sulfide) groups is 1. The Hall–Kier alpha value is -0.510. The normalized spacial score (nSPS) is 11.5. The summed E-state index contributed by atoms with van der Waals surface area (Å²) in [6.45, 7) is 1.35. The van der Waals surface area contributed by atoms with Crippen LogP contribution in [0.15, 0.2) is 5.16 Å². The molecule has 0 aromatic rings. The van der Waals surface area contributed by atoms with Gasteiger partial charge in [0, 0.05) is 6.92 Å². The van der Waals surface area contributed by atoms with Crippen molar-refractivity contribution in [3.63, 3.8) is 0 Å². The van der Waals surface area contributed by atoms with E-state index in [1.54, 1.807) is 6.26 Å². The molecule has 0 aliphatic heterocycles. The minimum absolute atomic E-state index is 0.144. The number of oxime groups is 1. The Morgan fingerprint density at radius 2 is 2.25 bits per heavy atom. The maximum atomic E-state index is 10.3. The lowest BCUT2D eigenvalue weighted by Gasteiger charge is -1.88. The molecule has 4 heteroatoms. The monoisotopic (exact) mass is 133 g/mol. The van der Waals surface area contributed by atoms with E-state index in [9.17, 15) is 4.79 Å². The maximum Gasteiger partial charge on any atom is 0.188 e. The Balaban J connectivity index is 3.92. The fourth-order valence-corrected chi connectivity index (χ4v) is 0.624. The van der Waals surface area contributed by atoms with Crippen LogP contribution >= 0.6 is 11.8 Å². The molecule has 0 spiro atoms. The molecule has 0 saturated carbocycles. The summed E-state index contributed by atoms with van der Waals surface area (Å²) in [7, 11) is 0. The van der Waals surface area contributed by atoms with Crippen molar-refractivity contribution in [2.45, 2.75) is 6.92 Å². The van der Waals surface area contributed by atoms with E-state index in [1.807, 2.05) is 0 Å². The molecule has 0 aromatic heterocycles. The molecular formula is C4H7NO2S. The van der Waals surface area contributed by atoms with E-state index in [0.29, 0.717) is 0 Å². The van der Waals surface area contributed by atoms with E-state index >= 15 is 0 Å². The SMILES string of the molecule is CS/C(=N\O)C(C)=O. The maximum absolute atomic E-state index is 10.3. The summed E-state index contributed by atoms with van der Waals surface area (Å²) in [5, 5.41) is 10.9. The van der Waals surface area contributed by atoms with Gasteiger partial charge in [-0.2, -0.15) is 0 Å². The standard InChI is InChI=1S/C4H7NO2S/c1-3(6)4(5-7)8-2/h7H,1-2H3/b5-4-. The van der Waals surface area contributed by atoms with Crippen LogP contribution in [0.1, 0.15) is 6.92 Å². The molecule has 0 aliphatic carbocycles. The average Bonchev–Trinajstić information content (AvgIpc) is 1.69. The molecule has 0 amide bonds. The summed E-state index contributed by atoms with van der Waals surface area (Å²) in [5.74, 6) is -0.208. The number of carbonyl (C=O) groups is 1. The molecule has 3 nitrogen and oxygen atoms in total. The van der Waals surface area contributed by atoms with Gasteiger partial charge in [0.2, 0.25) is 0 Å². The van der Waals surface area contributed by atoms with Crippen molar-refractivity contribution < 1.29 is 10.0 Å². The second-order valence-corrected chi connectivity index (χ2v) is 1.96. The van der Waals surface area contributed by atoms with Gasteiger partial charge in [-0.1, -0.05) is 5.16 Å². The lowest BCUT2D eigenvalue weighted by Crippen LogP contribution is -2.03. The van der Waals surface area contributed by atoms with Crippen LogP contribution in [-0.2, 0) is 4.79 Å². The molecule has 0 fully saturated rings. The third-order valence-corrected chi connectivity index (χ3v) is 1.34. The predicted molar refractivity (Wildman–Crippen MR) is 33.4 cm³/mol. The minimum atomic E-state index is -0.208. The Bertz CT molecular complexity index is 121. The third-order valence-electron chi connectivity index (χ3n) is 0.585. The van der Waals surface area contributed by atoms with Gasteiger partial charge in [-0.05, 0) is 6.26 Å². The van der Waals surface area contributed by atoms with E-state index < -0.39 is 0 Å². The van der Waals surface area contributed by atoms with Gasteiger partial charge in [-0.15, -0.1) is 11.8 Å². The zero-order chi connectivity index (χ0) is 6.57. The predicted octanol–water partition coefficient (Wildman–Crippen LogP) is 0.726. The molecule has 1 N–H and O–H groups in total. The fraction of sp³-hybridized carbons (Fsp3) is 0.500. The molecule has 0 radical (unpaired) electrons. The zero-order valence-electron chi connectivity index (χ0n) is 4.71. The Kier molecular flexibility index (Phi) is 3.26. The highest BCUT2D eigenvalue weighted by Crippen LogP contribution is 1.96. The van der Waals surface area contributed by atoms with Gasteiger partial charge in [0.15, 0.2) is 10.8 Å². The number of Topliss-reactive ketones (excluding diaryl/α,β-unsaturated/α-hetero) is 1. The first kappa shape index (κ1) is 7.49. The smallest absolute Gasteiger partial charge is 0.188 e. The van der Waals surface area contributed by atoms with Crippen LogP contribution in [0.25, 0.3) is 0 Å². The number of rotatable bonds is 1. The first-order chi connectivity index (χ1) is 3.72. The van der Waals surface area contributed by atoms with Crippen molar-refractivity contribution in [3.05, 3.63) is 0 Å². The van der Waals surface area contributed by atoms with Gasteiger partial charge < -0.3 is 5.21 Å². The summed E-state index contributed by atoms with van der Waals surface area (Å²) in [6.07, 6.45) is 1.68. The lowest BCUT2D eigenvalue weighted by molar-refractivity contribution is -0.110. The molecule has 0 aliphatic rings. The van der Waals surface area contributed by atoms with Crippen LogP contribution in [0.4, 0.5) is 0 Å². The molecule has 0 heterocycles. The van der Waals surface area contributed by atoms with E-state index in [0.717, 1.165) is 11.8 Å². The molecule has 46 valence electrons. The Labute approximate surface area is 51.8 Å². The van der Waals surface area contributed by atoms with Crippen LogP contribution in [0.5, 0.6) is 0 Å². The Morgan fingerprint density at radius 1 is 1.75 bits per heavy atom. The highest BCUT2D eigenvalue weighted by Gasteiger charge is 2.01. The molecule has 0 atom stereocenters. The highest BCUT2D eigenvalue weighted by molar-refractivity contribution is 8.15. The van der Waals surface area contributed by atoms with Gasteiger partial charge in [0.1, 0.15) is 0 Å². The second kappa shape index (κ2) is 3.49. The lowest BCUT2D eigenvalue weighted by atomic mass is 10.5. The van der Waals surface area contributed by atoms with E-state index in [4.69, 9.17) is 5.21 Å². The van der Waals surface area contributed by atoms with Gasteiger partial charge in [-0.25, -0.2) is 0 Å². The third kappa shape index (κ3) is 1.97. The molecule has 0 unspecified atom stereocenters. The molecule has 0 rings (SSSR count). The van der Waals surface area contributed by atoms with Gasteiger partial charge in [-0.3, -0.25) is 4.79 Å². The minimum Gasteiger partial charge on any atom is -0.410 e. The van der Waals surface area contributed by atoms with Crippen molar-refractivity contribution in [1.29, 1.82) is 0 Å². The van der Waals surface area contributed by atoms with Crippen molar-refractivity contribution in [2.24, 2.45) is 5.16 Å². The van der Waals surface area contributed by atoms with Gasteiger partial charge in [0.05, 0.1) is 0 Å². The quantitative estimate of drug-likeness (QED) is 0.248. The zero-order valence-corrected chi connectivity index (χ0v) is 5.53. The van der Waals surface area contributed by atoms with Gasteiger partial charge in [0.25, 0.3) is 0 Å². The first-order valence-electron chi connectivity index (χ1n) is 1.99. The highest BCUT2D eigenvalue weighted by atomic mass is 32.2. The molecule has 0 saturated heterocycles. The summed E-state index contributed by atoms with van der Waals surface area (Å²) in [5.41, 5.74) is 0. The largest absolute Gasteiger partial charge is 0.410 e. The molecule has 8 heavy (non-hydrogen) atoms. The van der Waals surface area contributed by atoms with Crippen LogP contribution < -0.4 is 0 Å². The van der Waals surface area contributed by atoms with E-state index in [-0.39, 0.29) is 10.8 Å². The number of hydrogen-bond donors (Lipinski definition) is 1. The first-order valence-corrected chi connectivity index (χ1v) is 3.21. The molecule has 0 bridgehead atoms. The Morgan fingerprint density at radius 3 is 2.25 bits per heavy atom.